The summed E-state index contributed by atoms with van der Waals surface area (Å²) in [6.07, 6.45) is 3.99. The van der Waals surface area contributed by atoms with Crippen LogP contribution in [0, 0.1) is 0 Å². The van der Waals surface area contributed by atoms with Gasteiger partial charge in [-0.25, -0.2) is 0 Å². The lowest BCUT2D eigenvalue weighted by Crippen LogP contribution is -2.04. The highest BCUT2D eigenvalue weighted by Gasteiger charge is 1.94. The molecule has 0 rings (SSSR count). The highest BCUT2D eigenvalue weighted by Crippen LogP contribution is 1.99. The molecule has 0 spiro atoms. The van der Waals surface area contributed by atoms with Crippen LogP contribution in [-0.2, 0) is 0 Å². The van der Waals surface area contributed by atoms with Gasteiger partial charge >= 0.3 is 0 Å². The number of rotatable bonds is 5. The van der Waals surface area contributed by atoms with Crippen molar-refractivity contribution in [2.45, 2.75) is 39.2 Å². The fourth-order valence-electron chi connectivity index (χ4n) is 0.616. The lowest BCUT2D eigenvalue weighted by atomic mass is 10.1. The van der Waals surface area contributed by atoms with Crippen LogP contribution in [0.1, 0.15) is 33.1 Å². The lowest BCUT2D eigenvalue weighted by Gasteiger charge is -2.01. The maximum Gasteiger partial charge on any atom is 0.0718 e. The summed E-state index contributed by atoms with van der Waals surface area (Å²) < 4.78 is 0. The number of hydrogen-bond donors (Lipinski definition) is 2. The molecule has 2 heteroatoms. The lowest BCUT2D eigenvalue weighted by molar-refractivity contribution is 0.209. The van der Waals surface area contributed by atoms with Gasteiger partial charge in [0.1, 0.15) is 0 Å². The maximum absolute atomic E-state index is 8.93. The van der Waals surface area contributed by atoms with E-state index in [9.17, 15) is 0 Å². The van der Waals surface area contributed by atoms with Gasteiger partial charge in [-0.05, 0) is 25.8 Å². The summed E-state index contributed by atoms with van der Waals surface area (Å²) in [5, 5.41) is 8.93. The molecular formula is C9H21NO. The summed E-state index contributed by atoms with van der Waals surface area (Å²) >= 11 is 0. The predicted molar refractivity (Wildman–Crippen MR) is 50.5 cm³/mol. The second-order valence-corrected chi connectivity index (χ2v) is 2.09. The van der Waals surface area contributed by atoms with Gasteiger partial charge in [0.2, 0.25) is 0 Å². The molecule has 0 radical (unpaired) electrons. The summed E-state index contributed by atoms with van der Waals surface area (Å²) in [4.78, 5) is 0. The van der Waals surface area contributed by atoms with Crippen LogP contribution in [-0.4, -0.2) is 17.8 Å². The van der Waals surface area contributed by atoms with Crippen LogP contribution in [0.2, 0.25) is 0 Å². The largest absolute Gasteiger partial charge is 0.389 e. The van der Waals surface area contributed by atoms with Crippen molar-refractivity contribution in [2.24, 2.45) is 5.73 Å². The van der Waals surface area contributed by atoms with Crippen molar-refractivity contribution in [3.63, 3.8) is 0 Å². The molecule has 0 saturated heterocycles. The van der Waals surface area contributed by atoms with Crippen LogP contribution in [0.5, 0.6) is 0 Å². The molecule has 0 unspecified atom stereocenters. The number of hydrogen-bond acceptors (Lipinski definition) is 2. The quantitative estimate of drug-likeness (QED) is 0.473. The molecule has 0 amide bonds. The standard InChI is InChI=1S/C7H15NO.C2H6/c1-2-7(9)5-3-4-6-8;1-2/h2,7,9H,1,3-6,8H2;1-2H3/t7-;/m0./s1. The van der Waals surface area contributed by atoms with E-state index in [1.165, 1.54) is 0 Å². The van der Waals surface area contributed by atoms with E-state index >= 15 is 0 Å². The summed E-state index contributed by atoms with van der Waals surface area (Å²) in [6.45, 7) is 8.17. The van der Waals surface area contributed by atoms with Gasteiger partial charge in [0.05, 0.1) is 6.10 Å². The van der Waals surface area contributed by atoms with E-state index < -0.39 is 0 Å². The van der Waals surface area contributed by atoms with Gasteiger partial charge in [-0.15, -0.1) is 6.58 Å². The van der Waals surface area contributed by atoms with Gasteiger partial charge < -0.3 is 10.8 Å². The molecule has 0 aromatic carbocycles. The van der Waals surface area contributed by atoms with Crippen molar-refractivity contribution in [2.75, 3.05) is 6.54 Å². The minimum atomic E-state index is -0.337. The zero-order chi connectivity index (χ0) is 9.11. The van der Waals surface area contributed by atoms with Crippen molar-refractivity contribution in [3.05, 3.63) is 12.7 Å². The average Bonchev–Trinajstić information content (AvgIpc) is 2.08. The third-order valence-electron chi connectivity index (χ3n) is 1.23. The van der Waals surface area contributed by atoms with Crippen molar-refractivity contribution in [3.8, 4) is 0 Å². The van der Waals surface area contributed by atoms with Crippen LogP contribution in [0.15, 0.2) is 12.7 Å². The van der Waals surface area contributed by atoms with Gasteiger partial charge in [-0.1, -0.05) is 19.9 Å². The SMILES string of the molecule is C=C[C@H](O)CCCCN.CC. The second-order valence-electron chi connectivity index (χ2n) is 2.09. The molecule has 0 aromatic rings. The van der Waals surface area contributed by atoms with Crippen LogP contribution in [0.3, 0.4) is 0 Å². The number of aliphatic hydroxyl groups is 1. The second kappa shape index (κ2) is 12.3. The molecule has 0 aliphatic carbocycles. The molecule has 0 heterocycles. The Bertz CT molecular complexity index is 74.0. The topological polar surface area (TPSA) is 46.2 Å². The molecule has 11 heavy (non-hydrogen) atoms. The molecule has 3 N–H and O–H groups in total. The number of aliphatic hydroxyl groups excluding tert-OH is 1. The van der Waals surface area contributed by atoms with E-state index in [2.05, 4.69) is 6.58 Å². The first-order valence-corrected chi connectivity index (χ1v) is 4.32. The Labute approximate surface area is 70.1 Å². The minimum Gasteiger partial charge on any atom is -0.389 e. The first-order chi connectivity index (χ1) is 5.31. The van der Waals surface area contributed by atoms with Gasteiger partial charge in [-0.2, -0.15) is 0 Å². The van der Waals surface area contributed by atoms with Crippen molar-refractivity contribution in [1.82, 2.24) is 0 Å². The fourth-order valence-corrected chi connectivity index (χ4v) is 0.616. The van der Waals surface area contributed by atoms with Crippen LogP contribution in [0.4, 0.5) is 0 Å². The smallest absolute Gasteiger partial charge is 0.0718 e. The normalized spacial score (nSPS) is 11.3. The van der Waals surface area contributed by atoms with E-state index in [1.54, 1.807) is 6.08 Å². The molecule has 0 aromatic heterocycles. The van der Waals surface area contributed by atoms with Gasteiger partial charge in [0, 0.05) is 0 Å². The Morgan fingerprint density at radius 3 is 2.36 bits per heavy atom. The van der Waals surface area contributed by atoms with E-state index in [1.807, 2.05) is 13.8 Å². The molecule has 0 saturated carbocycles. The van der Waals surface area contributed by atoms with Crippen LogP contribution < -0.4 is 5.73 Å². The van der Waals surface area contributed by atoms with Crippen molar-refractivity contribution < 1.29 is 5.11 Å². The van der Waals surface area contributed by atoms with Crippen molar-refractivity contribution >= 4 is 0 Å². The molecule has 0 aliphatic rings. The Kier molecular flexibility index (Phi) is 14.9. The van der Waals surface area contributed by atoms with E-state index in [4.69, 9.17) is 10.8 Å². The Balaban J connectivity index is 0. The molecule has 0 bridgehead atoms. The average molecular weight is 159 g/mol. The zero-order valence-corrected chi connectivity index (χ0v) is 7.71. The molecular weight excluding hydrogens is 138 g/mol. The Hall–Kier alpha value is -0.340. The predicted octanol–water partition coefficient (Wildman–Crippen LogP) is 1.69. The first kappa shape index (κ1) is 13.3. The zero-order valence-electron chi connectivity index (χ0n) is 7.71. The monoisotopic (exact) mass is 159 g/mol. The third kappa shape index (κ3) is 12.8. The molecule has 2 nitrogen and oxygen atoms in total. The number of nitrogens with two attached hydrogens (primary N) is 1. The van der Waals surface area contributed by atoms with Crippen LogP contribution >= 0.6 is 0 Å². The summed E-state index contributed by atoms with van der Waals surface area (Å²) in [5.41, 5.74) is 5.25. The third-order valence-corrected chi connectivity index (χ3v) is 1.23. The number of unbranched alkanes of at least 4 members (excludes halogenated alkanes) is 1. The van der Waals surface area contributed by atoms with Crippen LogP contribution in [0.25, 0.3) is 0 Å². The Morgan fingerprint density at radius 2 is 2.00 bits per heavy atom. The summed E-state index contributed by atoms with van der Waals surface area (Å²) in [6, 6.07) is 0. The van der Waals surface area contributed by atoms with Crippen molar-refractivity contribution in [1.29, 1.82) is 0 Å². The molecule has 1 atom stereocenters. The first-order valence-electron chi connectivity index (χ1n) is 4.32. The van der Waals surface area contributed by atoms with Gasteiger partial charge in [0.15, 0.2) is 0 Å². The maximum atomic E-state index is 8.93. The highest BCUT2D eigenvalue weighted by atomic mass is 16.3. The highest BCUT2D eigenvalue weighted by molar-refractivity contribution is 4.77. The van der Waals surface area contributed by atoms with E-state index in [-0.39, 0.29) is 6.10 Å². The van der Waals surface area contributed by atoms with Gasteiger partial charge in [-0.3, -0.25) is 0 Å². The van der Waals surface area contributed by atoms with Gasteiger partial charge in [0.25, 0.3) is 0 Å². The fraction of sp³-hybridized carbons (Fsp3) is 0.778. The Morgan fingerprint density at radius 1 is 1.45 bits per heavy atom. The van der Waals surface area contributed by atoms with E-state index in [0.29, 0.717) is 6.54 Å². The molecule has 0 aliphatic heterocycles. The molecule has 68 valence electrons. The van der Waals surface area contributed by atoms with E-state index in [0.717, 1.165) is 19.3 Å². The summed E-state index contributed by atoms with van der Waals surface area (Å²) in [7, 11) is 0. The molecule has 0 fully saturated rings. The summed E-state index contributed by atoms with van der Waals surface area (Å²) in [5.74, 6) is 0. The minimum absolute atomic E-state index is 0.337.